The summed E-state index contributed by atoms with van der Waals surface area (Å²) in [6.07, 6.45) is 3.10. The van der Waals surface area contributed by atoms with Crippen LogP contribution in [0.4, 0.5) is 4.79 Å². The predicted octanol–water partition coefficient (Wildman–Crippen LogP) is 3.96. The molecule has 0 bridgehead atoms. The molecule has 1 aromatic rings. The molecule has 2 amide bonds. The van der Waals surface area contributed by atoms with Crippen LogP contribution >= 0.6 is 0 Å². The van der Waals surface area contributed by atoms with Crippen LogP contribution in [0.1, 0.15) is 64.9 Å². The second-order valence-electron chi connectivity index (χ2n) is 8.10. The van der Waals surface area contributed by atoms with Crippen molar-refractivity contribution in [3.8, 4) is 0 Å². The van der Waals surface area contributed by atoms with Crippen LogP contribution in [0.5, 0.6) is 0 Å². The van der Waals surface area contributed by atoms with E-state index in [1.54, 1.807) is 0 Å². The maximum absolute atomic E-state index is 13.4. The maximum Gasteiger partial charge on any atom is 0.408 e. The standard InChI is InChI=1S/C23H34N2O5/c1-4-6-13-23(21(27)28)14-10-15-25(23)20(26)19(17(3)5-2)24-22(29)30-16-18-11-8-7-9-12-18/h7-9,11-12,17,19H,4-6,10,13-16H2,1-3H3,(H,24,29)(H,27,28)/t17-,19-,23-/m0/s1. The van der Waals surface area contributed by atoms with Gasteiger partial charge in [-0.25, -0.2) is 9.59 Å². The summed E-state index contributed by atoms with van der Waals surface area (Å²) < 4.78 is 5.29. The summed E-state index contributed by atoms with van der Waals surface area (Å²) >= 11 is 0. The number of likely N-dealkylation sites (tertiary alicyclic amines) is 1. The van der Waals surface area contributed by atoms with Gasteiger partial charge in [0.1, 0.15) is 18.2 Å². The Hall–Kier alpha value is -2.57. The van der Waals surface area contributed by atoms with E-state index in [0.29, 0.717) is 32.2 Å². The van der Waals surface area contributed by atoms with Crippen LogP contribution in [-0.2, 0) is 20.9 Å². The van der Waals surface area contributed by atoms with Crippen molar-refractivity contribution in [2.45, 2.75) is 77.5 Å². The molecule has 7 heteroatoms. The number of carbonyl (C=O) groups excluding carboxylic acids is 2. The lowest BCUT2D eigenvalue weighted by atomic mass is 9.88. The largest absolute Gasteiger partial charge is 0.479 e. The minimum atomic E-state index is -1.19. The molecule has 1 aliphatic heterocycles. The molecule has 0 spiro atoms. The van der Waals surface area contributed by atoms with Gasteiger partial charge in [0.25, 0.3) is 0 Å². The quantitative estimate of drug-likeness (QED) is 0.599. The van der Waals surface area contributed by atoms with Gasteiger partial charge >= 0.3 is 12.1 Å². The first-order valence-electron chi connectivity index (χ1n) is 10.9. The van der Waals surface area contributed by atoms with E-state index in [1.165, 1.54) is 4.90 Å². The van der Waals surface area contributed by atoms with Crippen molar-refractivity contribution in [3.63, 3.8) is 0 Å². The Labute approximate surface area is 178 Å². The number of rotatable bonds is 10. The minimum Gasteiger partial charge on any atom is -0.479 e. The van der Waals surface area contributed by atoms with Gasteiger partial charge in [0, 0.05) is 6.54 Å². The van der Waals surface area contributed by atoms with Gasteiger partial charge in [0.2, 0.25) is 5.91 Å². The van der Waals surface area contributed by atoms with Crippen molar-refractivity contribution in [2.24, 2.45) is 5.92 Å². The van der Waals surface area contributed by atoms with Gasteiger partial charge in [-0.05, 0) is 30.7 Å². The third-order valence-electron chi connectivity index (χ3n) is 6.06. The van der Waals surface area contributed by atoms with E-state index in [-0.39, 0.29) is 18.4 Å². The maximum atomic E-state index is 13.4. The molecule has 0 radical (unpaired) electrons. The lowest BCUT2D eigenvalue weighted by Gasteiger charge is -2.38. The summed E-state index contributed by atoms with van der Waals surface area (Å²) in [5.74, 6) is -1.45. The molecule has 2 rings (SSSR count). The molecule has 3 atom stereocenters. The van der Waals surface area contributed by atoms with Gasteiger partial charge in [-0.15, -0.1) is 0 Å². The molecule has 1 heterocycles. The number of benzene rings is 1. The molecular formula is C23H34N2O5. The number of unbranched alkanes of at least 4 members (excludes halogenated alkanes) is 1. The Morgan fingerprint density at radius 3 is 2.53 bits per heavy atom. The fourth-order valence-electron chi connectivity index (χ4n) is 4.00. The zero-order valence-electron chi connectivity index (χ0n) is 18.2. The minimum absolute atomic E-state index is 0.105. The monoisotopic (exact) mass is 418 g/mol. The van der Waals surface area contributed by atoms with Gasteiger partial charge < -0.3 is 20.1 Å². The molecule has 2 N–H and O–H groups in total. The predicted molar refractivity (Wildman–Crippen MR) is 114 cm³/mol. The highest BCUT2D eigenvalue weighted by atomic mass is 16.5. The van der Waals surface area contributed by atoms with Gasteiger partial charge in [0.15, 0.2) is 0 Å². The number of ether oxygens (including phenoxy) is 1. The fourth-order valence-corrected chi connectivity index (χ4v) is 4.00. The summed E-state index contributed by atoms with van der Waals surface area (Å²) in [6.45, 7) is 6.32. The number of carboxylic acid groups (broad SMARTS) is 1. The van der Waals surface area contributed by atoms with E-state index < -0.39 is 23.6 Å². The van der Waals surface area contributed by atoms with Crippen molar-refractivity contribution in [3.05, 3.63) is 35.9 Å². The van der Waals surface area contributed by atoms with Crippen molar-refractivity contribution in [2.75, 3.05) is 6.54 Å². The van der Waals surface area contributed by atoms with Crippen molar-refractivity contribution >= 4 is 18.0 Å². The lowest BCUT2D eigenvalue weighted by molar-refractivity contribution is -0.158. The smallest absolute Gasteiger partial charge is 0.408 e. The number of nitrogens with zero attached hydrogens (tertiary/aromatic N) is 1. The fraction of sp³-hybridized carbons (Fsp3) is 0.609. The van der Waals surface area contributed by atoms with E-state index >= 15 is 0 Å². The number of alkyl carbamates (subject to hydrolysis) is 1. The number of carbonyl (C=O) groups is 3. The highest BCUT2D eigenvalue weighted by Gasteiger charge is 2.51. The Bertz CT molecular complexity index is 724. The first-order valence-corrected chi connectivity index (χ1v) is 10.9. The van der Waals surface area contributed by atoms with Crippen molar-refractivity contribution in [1.82, 2.24) is 10.2 Å². The number of aliphatic carboxylic acids is 1. The molecule has 0 aromatic heterocycles. The van der Waals surface area contributed by atoms with Gasteiger partial charge in [-0.2, -0.15) is 0 Å². The average molecular weight is 419 g/mol. The van der Waals surface area contributed by atoms with Crippen molar-refractivity contribution in [1.29, 1.82) is 0 Å². The lowest BCUT2D eigenvalue weighted by Crippen LogP contribution is -2.59. The summed E-state index contributed by atoms with van der Waals surface area (Å²) in [7, 11) is 0. The molecule has 30 heavy (non-hydrogen) atoms. The van der Waals surface area contributed by atoms with Crippen LogP contribution in [0.15, 0.2) is 30.3 Å². The summed E-state index contributed by atoms with van der Waals surface area (Å²) in [5.41, 5.74) is -0.336. The normalized spacial score (nSPS) is 20.4. The second-order valence-corrected chi connectivity index (χ2v) is 8.10. The summed E-state index contributed by atoms with van der Waals surface area (Å²) in [6, 6.07) is 8.48. The SMILES string of the molecule is CCCC[C@@]1(C(=O)O)CCCN1C(=O)[C@@H](NC(=O)OCc1ccccc1)[C@@H](C)CC. The summed E-state index contributed by atoms with van der Waals surface area (Å²) in [5, 5.41) is 12.7. The van der Waals surface area contributed by atoms with Gasteiger partial charge in [-0.1, -0.05) is 70.4 Å². The van der Waals surface area contributed by atoms with Crippen LogP contribution in [-0.4, -0.2) is 46.1 Å². The Morgan fingerprint density at radius 1 is 1.23 bits per heavy atom. The first kappa shape index (κ1) is 23.7. The number of hydrogen-bond acceptors (Lipinski definition) is 4. The Kier molecular flexibility index (Phi) is 8.69. The molecule has 1 saturated heterocycles. The molecule has 1 aromatic carbocycles. The third-order valence-corrected chi connectivity index (χ3v) is 6.06. The van der Waals surface area contributed by atoms with Crippen LogP contribution in [0.25, 0.3) is 0 Å². The molecular weight excluding hydrogens is 384 g/mol. The zero-order chi connectivity index (χ0) is 22.1. The van der Waals surface area contributed by atoms with Gasteiger partial charge in [-0.3, -0.25) is 4.79 Å². The Balaban J connectivity index is 2.13. The highest BCUT2D eigenvalue weighted by molar-refractivity contribution is 5.92. The molecule has 1 fully saturated rings. The van der Waals surface area contributed by atoms with E-state index in [0.717, 1.165) is 18.4 Å². The topological polar surface area (TPSA) is 95.9 Å². The number of hydrogen-bond donors (Lipinski definition) is 2. The van der Waals surface area contributed by atoms with Gasteiger partial charge in [0.05, 0.1) is 0 Å². The van der Waals surface area contributed by atoms with Crippen molar-refractivity contribution < 1.29 is 24.2 Å². The highest BCUT2D eigenvalue weighted by Crippen LogP contribution is 2.35. The second kappa shape index (κ2) is 11.0. The number of nitrogens with one attached hydrogen (secondary N) is 1. The molecule has 0 aliphatic carbocycles. The summed E-state index contributed by atoms with van der Waals surface area (Å²) in [4.78, 5) is 39.5. The van der Waals surface area contributed by atoms with E-state index in [4.69, 9.17) is 4.74 Å². The number of amides is 2. The number of carboxylic acids is 1. The van der Waals surface area contributed by atoms with Crippen LogP contribution < -0.4 is 5.32 Å². The molecule has 1 aliphatic rings. The molecule has 0 unspecified atom stereocenters. The Morgan fingerprint density at radius 2 is 1.93 bits per heavy atom. The zero-order valence-corrected chi connectivity index (χ0v) is 18.2. The van der Waals surface area contributed by atoms with E-state index in [1.807, 2.05) is 51.1 Å². The van der Waals surface area contributed by atoms with E-state index in [2.05, 4.69) is 5.32 Å². The molecule has 7 nitrogen and oxygen atoms in total. The van der Waals surface area contributed by atoms with E-state index in [9.17, 15) is 19.5 Å². The first-order chi connectivity index (χ1) is 14.4. The van der Waals surface area contributed by atoms with Crippen LogP contribution in [0, 0.1) is 5.92 Å². The third kappa shape index (κ3) is 5.52. The van der Waals surface area contributed by atoms with Crippen LogP contribution in [0.3, 0.4) is 0 Å². The molecule has 0 saturated carbocycles. The average Bonchev–Trinajstić information content (AvgIpc) is 3.19. The van der Waals surface area contributed by atoms with Crippen LogP contribution in [0.2, 0.25) is 0 Å². The molecule has 166 valence electrons.